The van der Waals surface area contributed by atoms with Gasteiger partial charge in [0.05, 0.1) is 29.8 Å². The number of Topliss-reactive ketones (excluding diaryl/α,β-unsaturated/α-hetero) is 1. The monoisotopic (exact) mass is 498 g/mol. The number of aryl methyl sites for hydroxylation is 1. The number of fused-ring (bicyclic) bond motifs is 3. The third-order valence-electron chi connectivity index (χ3n) is 6.30. The Morgan fingerprint density at radius 2 is 1.72 bits per heavy atom. The molecule has 3 aromatic carbocycles. The number of ketones is 1. The Hall–Kier alpha value is -3.91. The van der Waals surface area contributed by atoms with Crippen LogP contribution in [0.15, 0.2) is 82.7 Å². The fourth-order valence-corrected chi connectivity index (χ4v) is 5.24. The van der Waals surface area contributed by atoms with Crippen LogP contribution in [0.2, 0.25) is 0 Å². The molecule has 5 aromatic rings. The molecule has 36 heavy (non-hydrogen) atoms. The first-order chi connectivity index (χ1) is 17.5. The van der Waals surface area contributed by atoms with Crippen molar-refractivity contribution in [2.45, 2.75) is 37.2 Å². The Bertz CT molecular complexity index is 1620. The van der Waals surface area contributed by atoms with E-state index in [2.05, 4.69) is 17.1 Å². The summed E-state index contributed by atoms with van der Waals surface area (Å²) in [5.74, 6) is 1.13. The summed E-state index contributed by atoms with van der Waals surface area (Å²) in [6, 6.07) is 22.7. The van der Waals surface area contributed by atoms with Gasteiger partial charge in [0.2, 0.25) is 5.78 Å². The first-order valence-corrected chi connectivity index (χ1v) is 12.7. The van der Waals surface area contributed by atoms with Crippen molar-refractivity contribution in [2.24, 2.45) is 0 Å². The van der Waals surface area contributed by atoms with Crippen LogP contribution in [0, 0.1) is 0 Å². The largest absolute Gasteiger partial charge is 0.496 e. The highest BCUT2D eigenvalue weighted by Gasteiger charge is 2.23. The Kier molecular flexibility index (Phi) is 6.61. The molecular formula is C28H26N4O3S. The van der Waals surface area contributed by atoms with E-state index in [1.807, 2.05) is 78.1 Å². The third-order valence-corrected chi connectivity index (χ3v) is 7.34. The van der Waals surface area contributed by atoms with Gasteiger partial charge in [-0.25, -0.2) is 0 Å². The molecule has 2 heterocycles. The van der Waals surface area contributed by atoms with E-state index < -0.39 is 5.25 Å². The first-order valence-electron chi connectivity index (χ1n) is 11.8. The number of carbonyl (C=O) groups is 1. The third kappa shape index (κ3) is 4.28. The van der Waals surface area contributed by atoms with E-state index in [-0.39, 0.29) is 17.9 Å². The number of para-hydroxylation sites is 2. The van der Waals surface area contributed by atoms with Crippen LogP contribution in [0.5, 0.6) is 5.75 Å². The number of hydrogen-bond acceptors (Lipinski definition) is 6. The molecular weight excluding hydrogens is 472 g/mol. The van der Waals surface area contributed by atoms with Gasteiger partial charge in [-0.1, -0.05) is 73.3 Å². The average molecular weight is 499 g/mol. The zero-order chi connectivity index (χ0) is 25.2. The highest BCUT2D eigenvalue weighted by molar-refractivity contribution is 8.00. The Balaban J connectivity index is 1.58. The van der Waals surface area contributed by atoms with Gasteiger partial charge in [0.25, 0.3) is 5.56 Å². The Morgan fingerprint density at radius 3 is 2.47 bits per heavy atom. The molecule has 0 spiro atoms. The van der Waals surface area contributed by atoms with E-state index in [9.17, 15) is 9.59 Å². The fraction of sp³-hybridized carbons (Fsp3) is 0.214. The topological polar surface area (TPSA) is 78.5 Å². The minimum atomic E-state index is -0.391. The fourth-order valence-electron chi connectivity index (χ4n) is 4.31. The summed E-state index contributed by atoms with van der Waals surface area (Å²) in [5.41, 5.74) is 3.26. The molecule has 2 aromatic heterocycles. The summed E-state index contributed by atoms with van der Waals surface area (Å²) in [6.07, 6.45) is 0.925. The second-order valence-electron chi connectivity index (χ2n) is 8.51. The number of thioether (sulfide) groups is 1. The Labute approximate surface area is 212 Å². The van der Waals surface area contributed by atoms with Crippen molar-refractivity contribution >= 4 is 34.2 Å². The number of ether oxygens (including phenoxy) is 1. The van der Waals surface area contributed by atoms with Crippen LogP contribution in [-0.4, -0.2) is 37.3 Å². The zero-order valence-corrected chi connectivity index (χ0v) is 21.2. The highest BCUT2D eigenvalue weighted by atomic mass is 32.2. The van der Waals surface area contributed by atoms with Crippen LogP contribution in [-0.2, 0) is 13.0 Å². The van der Waals surface area contributed by atoms with Crippen molar-refractivity contribution in [3.05, 3.63) is 99.8 Å². The minimum absolute atomic E-state index is 0.0195. The standard InChI is InChI=1S/C28H26N4O3S/c1-4-19-13-15-20(16-14-19)25(33)18(2)36-28-30-29-27-31(17-21-9-5-8-12-24(21)35-3)26(34)22-10-6-7-11-23(22)32(27)28/h5-16,18H,4,17H2,1-3H3. The second kappa shape index (κ2) is 9.99. The van der Waals surface area contributed by atoms with Crippen LogP contribution in [0.1, 0.15) is 35.3 Å². The predicted molar refractivity (Wildman–Crippen MR) is 142 cm³/mol. The molecule has 0 aliphatic rings. The maximum absolute atomic E-state index is 13.5. The van der Waals surface area contributed by atoms with E-state index in [0.29, 0.717) is 33.1 Å². The highest BCUT2D eigenvalue weighted by Crippen LogP contribution is 2.28. The molecule has 1 unspecified atom stereocenters. The maximum atomic E-state index is 13.5. The van der Waals surface area contributed by atoms with Gasteiger partial charge in [0, 0.05) is 11.1 Å². The summed E-state index contributed by atoms with van der Waals surface area (Å²) in [4.78, 5) is 26.7. The first kappa shape index (κ1) is 23.8. The molecule has 0 amide bonds. The zero-order valence-electron chi connectivity index (χ0n) is 20.3. The number of aromatic nitrogens is 4. The summed E-state index contributed by atoms with van der Waals surface area (Å²) < 4.78 is 8.96. The summed E-state index contributed by atoms with van der Waals surface area (Å²) in [7, 11) is 1.61. The van der Waals surface area contributed by atoms with E-state index >= 15 is 0 Å². The molecule has 1 atom stereocenters. The quantitative estimate of drug-likeness (QED) is 0.221. The van der Waals surface area contributed by atoms with Gasteiger partial charge >= 0.3 is 0 Å². The van der Waals surface area contributed by atoms with Crippen molar-refractivity contribution in [3.63, 3.8) is 0 Å². The minimum Gasteiger partial charge on any atom is -0.496 e. The van der Waals surface area contributed by atoms with E-state index in [0.717, 1.165) is 12.0 Å². The number of benzene rings is 3. The molecule has 7 nitrogen and oxygen atoms in total. The lowest BCUT2D eigenvalue weighted by atomic mass is 10.1. The van der Waals surface area contributed by atoms with Crippen LogP contribution in [0.3, 0.4) is 0 Å². The summed E-state index contributed by atoms with van der Waals surface area (Å²) >= 11 is 1.34. The van der Waals surface area contributed by atoms with E-state index in [1.165, 1.54) is 17.3 Å². The lowest BCUT2D eigenvalue weighted by molar-refractivity contribution is 0.0994. The molecule has 0 radical (unpaired) electrons. The van der Waals surface area contributed by atoms with E-state index in [4.69, 9.17) is 4.74 Å². The van der Waals surface area contributed by atoms with Gasteiger partial charge in [-0.15, -0.1) is 10.2 Å². The lowest BCUT2D eigenvalue weighted by Crippen LogP contribution is -2.24. The van der Waals surface area contributed by atoms with E-state index in [1.54, 1.807) is 17.7 Å². The maximum Gasteiger partial charge on any atom is 0.263 e. The molecule has 182 valence electrons. The molecule has 5 rings (SSSR count). The van der Waals surface area contributed by atoms with Crippen LogP contribution < -0.4 is 10.3 Å². The Morgan fingerprint density at radius 1 is 1.00 bits per heavy atom. The number of hydrogen-bond donors (Lipinski definition) is 0. The molecule has 0 saturated carbocycles. The SMILES string of the molecule is CCc1ccc(C(=O)C(C)Sc2nnc3n(Cc4ccccc4OC)c(=O)c4ccccc4n23)cc1. The van der Waals surface area contributed by atoms with Crippen LogP contribution >= 0.6 is 11.8 Å². The van der Waals surface area contributed by atoms with Crippen molar-refractivity contribution in [3.8, 4) is 5.75 Å². The van der Waals surface area contributed by atoms with Crippen molar-refractivity contribution < 1.29 is 9.53 Å². The number of methoxy groups -OCH3 is 1. The molecule has 0 fully saturated rings. The van der Waals surface area contributed by atoms with Gasteiger partial charge in [-0.3, -0.25) is 18.6 Å². The normalized spacial score (nSPS) is 12.2. The van der Waals surface area contributed by atoms with Gasteiger partial charge in [0.15, 0.2) is 10.9 Å². The van der Waals surface area contributed by atoms with Gasteiger partial charge in [-0.2, -0.15) is 0 Å². The van der Waals surface area contributed by atoms with Crippen molar-refractivity contribution in [1.29, 1.82) is 0 Å². The average Bonchev–Trinajstić information content (AvgIpc) is 3.34. The molecule has 0 bridgehead atoms. The van der Waals surface area contributed by atoms with Crippen molar-refractivity contribution in [2.75, 3.05) is 7.11 Å². The predicted octanol–water partition coefficient (Wildman–Crippen LogP) is 5.03. The molecule has 8 heteroatoms. The summed E-state index contributed by atoms with van der Waals surface area (Å²) in [6.45, 7) is 4.23. The molecule has 0 N–H and O–H groups in total. The molecule has 0 saturated heterocycles. The number of rotatable bonds is 8. The van der Waals surface area contributed by atoms with Gasteiger partial charge in [-0.05, 0) is 37.1 Å². The van der Waals surface area contributed by atoms with Gasteiger partial charge in [0.1, 0.15) is 5.75 Å². The van der Waals surface area contributed by atoms with Gasteiger partial charge < -0.3 is 4.74 Å². The van der Waals surface area contributed by atoms with Crippen LogP contribution in [0.25, 0.3) is 16.7 Å². The molecule has 0 aliphatic heterocycles. The molecule has 0 aliphatic carbocycles. The second-order valence-corrected chi connectivity index (χ2v) is 9.82. The number of nitrogens with zero attached hydrogens (tertiary/aromatic N) is 4. The lowest BCUT2D eigenvalue weighted by Gasteiger charge is -2.14. The summed E-state index contributed by atoms with van der Waals surface area (Å²) in [5, 5.41) is 9.52. The smallest absolute Gasteiger partial charge is 0.263 e. The van der Waals surface area contributed by atoms with Crippen molar-refractivity contribution in [1.82, 2.24) is 19.2 Å². The number of carbonyl (C=O) groups excluding carboxylic acids is 1. The van der Waals surface area contributed by atoms with Crippen LogP contribution in [0.4, 0.5) is 0 Å².